The van der Waals surface area contributed by atoms with Gasteiger partial charge in [0, 0.05) is 38.4 Å². The van der Waals surface area contributed by atoms with Crippen LogP contribution < -0.4 is 19.1 Å². The molecule has 4 rings (SSSR count). The second kappa shape index (κ2) is 8.71. The monoisotopic (exact) mass is 415 g/mol. The van der Waals surface area contributed by atoms with Crippen LogP contribution in [0.4, 0.5) is 5.13 Å². The van der Waals surface area contributed by atoms with Gasteiger partial charge in [-0.05, 0) is 31.3 Å². The van der Waals surface area contributed by atoms with E-state index in [9.17, 15) is 0 Å². The third-order valence-electron chi connectivity index (χ3n) is 4.96. The fraction of sp³-hybridized carbons (Fsp3) is 0.400. The summed E-state index contributed by atoms with van der Waals surface area (Å²) < 4.78 is 18.6. The average molecular weight is 416 g/mol. The van der Waals surface area contributed by atoms with Crippen LogP contribution in [-0.2, 0) is 6.61 Å². The van der Waals surface area contributed by atoms with Gasteiger partial charge in [0.15, 0.2) is 11.5 Å². The number of rotatable bonds is 7. The van der Waals surface area contributed by atoms with E-state index >= 15 is 0 Å². The molecule has 29 heavy (non-hydrogen) atoms. The number of aromatic nitrogens is 3. The predicted molar refractivity (Wildman–Crippen MR) is 113 cm³/mol. The molecule has 1 aliphatic rings. The molecular weight excluding hydrogens is 390 g/mol. The Morgan fingerprint density at radius 3 is 2.48 bits per heavy atom. The molecule has 9 heteroatoms. The SMILES string of the molecule is COc1ccc(OCc2cccn2-c2nnc(N3CCN(C)CC3)s2)cc1OC. The third-order valence-corrected chi connectivity index (χ3v) is 5.94. The fourth-order valence-electron chi connectivity index (χ4n) is 3.21. The van der Waals surface area contributed by atoms with Gasteiger partial charge in [0.1, 0.15) is 12.4 Å². The van der Waals surface area contributed by atoms with Crippen molar-refractivity contribution >= 4 is 16.5 Å². The largest absolute Gasteiger partial charge is 0.493 e. The minimum Gasteiger partial charge on any atom is -0.493 e. The Hall–Kier alpha value is -2.78. The first-order valence-electron chi connectivity index (χ1n) is 9.46. The van der Waals surface area contributed by atoms with Crippen molar-refractivity contribution in [1.82, 2.24) is 19.7 Å². The van der Waals surface area contributed by atoms with E-state index in [4.69, 9.17) is 14.2 Å². The van der Waals surface area contributed by atoms with Gasteiger partial charge >= 0.3 is 0 Å². The molecule has 154 valence electrons. The molecule has 8 nitrogen and oxygen atoms in total. The number of hydrogen-bond donors (Lipinski definition) is 0. The predicted octanol–water partition coefficient (Wildman–Crippen LogP) is 2.68. The van der Waals surface area contributed by atoms with Crippen LogP contribution in [0.15, 0.2) is 36.5 Å². The summed E-state index contributed by atoms with van der Waals surface area (Å²) in [5.41, 5.74) is 1.00. The molecule has 0 spiro atoms. The molecule has 0 radical (unpaired) electrons. The van der Waals surface area contributed by atoms with E-state index in [1.54, 1.807) is 25.6 Å². The van der Waals surface area contributed by atoms with Crippen LogP contribution in [0, 0.1) is 0 Å². The average Bonchev–Trinajstić information content (AvgIpc) is 3.42. The molecule has 0 saturated carbocycles. The van der Waals surface area contributed by atoms with E-state index in [2.05, 4.69) is 27.0 Å². The molecular formula is C20H25N5O3S. The smallest absolute Gasteiger partial charge is 0.218 e. The van der Waals surface area contributed by atoms with Crippen molar-refractivity contribution in [2.45, 2.75) is 6.61 Å². The van der Waals surface area contributed by atoms with Gasteiger partial charge in [-0.2, -0.15) is 0 Å². The molecule has 0 bridgehead atoms. The normalized spacial score (nSPS) is 14.8. The minimum atomic E-state index is 0.409. The summed E-state index contributed by atoms with van der Waals surface area (Å²) in [4.78, 5) is 4.62. The fourth-order valence-corrected chi connectivity index (χ4v) is 4.13. The highest BCUT2D eigenvalue weighted by molar-refractivity contribution is 7.17. The first-order valence-corrected chi connectivity index (χ1v) is 10.3. The maximum atomic E-state index is 5.97. The van der Waals surface area contributed by atoms with E-state index in [1.807, 2.05) is 41.1 Å². The van der Waals surface area contributed by atoms with E-state index in [0.717, 1.165) is 42.1 Å². The van der Waals surface area contributed by atoms with Gasteiger partial charge in [0.05, 0.1) is 19.9 Å². The van der Waals surface area contributed by atoms with E-state index in [-0.39, 0.29) is 0 Å². The van der Waals surface area contributed by atoms with Crippen LogP contribution in [0.2, 0.25) is 0 Å². The molecule has 1 fully saturated rings. The van der Waals surface area contributed by atoms with Crippen molar-refractivity contribution in [1.29, 1.82) is 0 Å². The highest BCUT2D eigenvalue weighted by Crippen LogP contribution is 2.31. The van der Waals surface area contributed by atoms with Crippen LogP contribution >= 0.6 is 11.3 Å². The lowest BCUT2D eigenvalue weighted by Gasteiger charge is -2.31. The quantitative estimate of drug-likeness (QED) is 0.588. The molecule has 0 N–H and O–H groups in total. The number of hydrogen-bond acceptors (Lipinski definition) is 8. The number of ether oxygens (including phenoxy) is 3. The zero-order valence-corrected chi connectivity index (χ0v) is 17.7. The Bertz CT molecular complexity index is 949. The van der Waals surface area contributed by atoms with Gasteiger partial charge in [0.25, 0.3) is 0 Å². The summed E-state index contributed by atoms with van der Waals surface area (Å²) in [6, 6.07) is 9.54. The zero-order chi connectivity index (χ0) is 20.2. The van der Waals surface area contributed by atoms with E-state index in [1.165, 1.54) is 0 Å². The zero-order valence-electron chi connectivity index (χ0n) is 16.9. The highest BCUT2D eigenvalue weighted by Gasteiger charge is 2.19. The van der Waals surface area contributed by atoms with Crippen molar-refractivity contribution in [3.63, 3.8) is 0 Å². The molecule has 0 atom stereocenters. The molecule has 0 aliphatic carbocycles. The molecule has 3 heterocycles. The van der Waals surface area contributed by atoms with E-state index < -0.39 is 0 Å². The number of likely N-dealkylation sites (N-methyl/N-ethyl adjacent to an activating group) is 1. The number of methoxy groups -OCH3 is 2. The lowest BCUT2D eigenvalue weighted by atomic mass is 10.3. The molecule has 0 amide bonds. The summed E-state index contributed by atoms with van der Waals surface area (Å²) in [6.07, 6.45) is 1.99. The summed E-state index contributed by atoms with van der Waals surface area (Å²) in [5, 5.41) is 10.6. The highest BCUT2D eigenvalue weighted by atomic mass is 32.1. The summed E-state index contributed by atoms with van der Waals surface area (Å²) in [7, 11) is 5.37. The van der Waals surface area contributed by atoms with Crippen LogP contribution in [0.5, 0.6) is 17.2 Å². The van der Waals surface area contributed by atoms with Crippen LogP contribution in [0.1, 0.15) is 5.69 Å². The maximum Gasteiger partial charge on any atom is 0.218 e. The summed E-state index contributed by atoms with van der Waals surface area (Å²) >= 11 is 1.60. The van der Waals surface area contributed by atoms with Gasteiger partial charge in [0.2, 0.25) is 10.3 Å². The molecule has 0 unspecified atom stereocenters. The number of nitrogens with zero attached hydrogens (tertiary/aromatic N) is 5. The Morgan fingerprint density at radius 1 is 0.966 bits per heavy atom. The second-order valence-corrected chi connectivity index (χ2v) is 7.77. The van der Waals surface area contributed by atoms with Gasteiger partial charge in [-0.25, -0.2) is 0 Å². The lowest BCUT2D eigenvalue weighted by Crippen LogP contribution is -2.44. The number of anilines is 1. The first kappa shape index (κ1) is 19.5. The number of piperazine rings is 1. The molecule has 1 aromatic carbocycles. The number of benzene rings is 1. The maximum absolute atomic E-state index is 5.97. The van der Waals surface area contributed by atoms with Crippen molar-refractivity contribution in [2.75, 3.05) is 52.3 Å². The van der Waals surface area contributed by atoms with Gasteiger partial charge in [-0.15, -0.1) is 10.2 Å². The van der Waals surface area contributed by atoms with Gasteiger partial charge in [-0.1, -0.05) is 11.3 Å². The Balaban J connectivity index is 1.45. The van der Waals surface area contributed by atoms with Gasteiger partial charge < -0.3 is 24.0 Å². The Labute approximate surface area is 174 Å². The Kier molecular flexibility index (Phi) is 5.86. The Morgan fingerprint density at radius 2 is 1.72 bits per heavy atom. The third kappa shape index (κ3) is 4.30. The molecule has 1 aliphatic heterocycles. The van der Waals surface area contributed by atoms with Crippen molar-refractivity contribution < 1.29 is 14.2 Å². The van der Waals surface area contributed by atoms with Crippen molar-refractivity contribution in [3.8, 4) is 22.4 Å². The topological polar surface area (TPSA) is 64.9 Å². The standard InChI is InChI=1S/C20H25N5O3S/c1-23-9-11-24(12-10-23)19-21-22-20(29-19)25-8-4-5-15(25)14-28-16-6-7-17(26-2)18(13-16)27-3/h4-8,13H,9-12,14H2,1-3H3. The molecule has 1 saturated heterocycles. The molecule has 2 aromatic heterocycles. The van der Waals surface area contributed by atoms with Gasteiger partial charge in [-0.3, -0.25) is 4.57 Å². The van der Waals surface area contributed by atoms with Crippen LogP contribution in [0.3, 0.4) is 0 Å². The van der Waals surface area contributed by atoms with E-state index in [0.29, 0.717) is 23.9 Å². The summed E-state index contributed by atoms with van der Waals surface area (Å²) in [5.74, 6) is 2.03. The summed E-state index contributed by atoms with van der Waals surface area (Å²) in [6.45, 7) is 4.45. The molecule has 3 aromatic rings. The van der Waals surface area contributed by atoms with Crippen LogP contribution in [0.25, 0.3) is 5.13 Å². The second-order valence-electron chi connectivity index (χ2n) is 6.83. The van der Waals surface area contributed by atoms with Crippen molar-refractivity contribution in [2.24, 2.45) is 0 Å². The first-order chi connectivity index (χ1) is 14.2. The minimum absolute atomic E-state index is 0.409. The van der Waals surface area contributed by atoms with Crippen molar-refractivity contribution in [3.05, 3.63) is 42.2 Å². The van der Waals surface area contributed by atoms with Crippen LogP contribution in [-0.4, -0.2) is 67.1 Å². The lowest BCUT2D eigenvalue weighted by molar-refractivity contribution is 0.294.